The van der Waals surface area contributed by atoms with E-state index in [1.165, 1.54) is 0 Å². The van der Waals surface area contributed by atoms with E-state index in [2.05, 4.69) is 20.6 Å². The van der Waals surface area contributed by atoms with Crippen LogP contribution in [0.25, 0.3) is 0 Å². The van der Waals surface area contributed by atoms with Gasteiger partial charge in [-0.1, -0.05) is 0 Å². The summed E-state index contributed by atoms with van der Waals surface area (Å²) in [5.74, 6) is 0.966. The van der Waals surface area contributed by atoms with Gasteiger partial charge in [0.25, 0.3) is 0 Å². The van der Waals surface area contributed by atoms with E-state index in [1.807, 2.05) is 0 Å². The van der Waals surface area contributed by atoms with E-state index < -0.39 is 26.3 Å². The maximum atomic E-state index is 12.2. The van der Waals surface area contributed by atoms with Gasteiger partial charge in [0.15, 0.2) is 11.8 Å². The minimum Gasteiger partial charge on any atom is -0.389 e. The van der Waals surface area contributed by atoms with Crippen molar-refractivity contribution in [3.8, 4) is 0 Å². The lowest BCUT2D eigenvalue weighted by molar-refractivity contribution is -0.0342. The topological polar surface area (TPSA) is 175 Å². The van der Waals surface area contributed by atoms with E-state index in [1.54, 1.807) is 17.9 Å². The molecule has 2 fully saturated rings. The van der Waals surface area contributed by atoms with Gasteiger partial charge in [0.2, 0.25) is 0 Å². The first-order chi connectivity index (χ1) is 14.3. The zero-order valence-corrected chi connectivity index (χ0v) is 17.4. The Hall–Kier alpha value is -1.57. The first kappa shape index (κ1) is 21.7. The molecule has 168 valence electrons. The highest BCUT2D eigenvalue weighted by Gasteiger charge is 2.36. The lowest BCUT2D eigenvalue weighted by atomic mass is 10.2. The van der Waals surface area contributed by atoms with Crippen molar-refractivity contribution in [2.24, 2.45) is 10.7 Å². The summed E-state index contributed by atoms with van der Waals surface area (Å²) in [4.78, 5) is 18.5. The van der Waals surface area contributed by atoms with Gasteiger partial charge in [0.05, 0.1) is 44.4 Å². The molecule has 0 aromatic carbocycles. The number of aliphatic hydroxyl groups excluding tert-OH is 1. The fourth-order valence-electron chi connectivity index (χ4n) is 3.70. The Morgan fingerprint density at radius 2 is 2.13 bits per heavy atom. The van der Waals surface area contributed by atoms with Crippen LogP contribution in [0, 0.1) is 0 Å². The van der Waals surface area contributed by atoms with Crippen molar-refractivity contribution in [2.45, 2.75) is 56.6 Å². The summed E-state index contributed by atoms with van der Waals surface area (Å²) in [6.07, 6.45) is 0.860. The second kappa shape index (κ2) is 8.89. The van der Waals surface area contributed by atoms with Crippen molar-refractivity contribution >= 4 is 19.6 Å². The highest BCUT2D eigenvalue weighted by Crippen LogP contribution is 2.45. The fraction of sp³-hybridized carbons (Fsp3) is 0.750. The van der Waals surface area contributed by atoms with Crippen molar-refractivity contribution in [3.63, 3.8) is 0 Å². The molecule has 6 atom stereocenters. The predicted molar refractivity (Wildman–Crippen MR) is 104 cm³/mol. The molecule has 6 N–H and O–H groups in total. The molecule has 13 nitrogen and oxygen atoms in total. The highest BCUT2D eigenvalue weighted by atomic mass is 31.2. The number of hydrogen-bond donors (Lipinski definition) is 5. The third-order valence-electron chi connectivity index (χ3n) is 5.22. The Kier molecular flexibility index (Phi) is 6.42. The number of aliphatic hydroxyl groups is 1. The molecule has 1 aromatic rings. The summed E-state index contributed by atoms with van der Waals surface area (Å²) in [7, 11) is -2.62. The molecule has 3 aliphatic rings. The quantitative estimate of drug-likeness (QED) is 0.324. The maximum Gasteiger partial charge on any atom is 0.472 e. The largest absolute Gasteiger partial charge is 0.472 e. The Morgan fingerprint density at radius 3 is 2.87 bits per heavy atom. The standard InChI is InChI=1S/C16H27N6O7P/c1-18-15-12(23)4-10(29-15)7-27-30(24,25)26-6-9-2-3-13(28-9)22-8-20-11-5-19-16(17)21-14(11)22/h8-10,12-13,15,18,23H,2-7H2,1H3,(H,24,25)(H3,17,19,21)/t9-,10-,12-,13+,15?/m0/s1. The van der Waals surface area contributed by atoms with Crippen LogP contribution in [0.3, 0.4) is 0 Å². The van der Waals surface area contributed by atoms with Crippen LogP contribution in [-0.4, -0.2) is 70.3 Å². The zero-order chi connectivity index (χ0) is 21.3. The molecule has 4 rings (SSSR count). The zero-order valence-electron chi connectivity index (χ0n) is 16.5. The molecule has 3 aliphatic heterocycles. The Morgan fingerprint density at radius 1 is 1.37 bits per heavy atom. The molecule has 0 spiro atoms. The van der Waals surface area contributed by atoms with E-state index in [-0.39, 0.29) is 25.5 Å². The van der Waals surface area contributed by atoms with Crippen LogP contribution in [0.15, 0.2) is 11.3 Å². The van der Waals surface area contributed by atoms with Crippen LogP contribution in [0.1, 0.15) is 31.2 Å². The number of aromatic nitrogens is 2. The molecule has 0 aliphatic carbocycles. The number of hydrogen-bond acceptors (Lipinski definition) is 11. The summed E-state index contributed by atoms with van der Waals surface area (Å²) in [5, 5.41) is 15.5. The molecule has 0 radical (unpaired) electrons. The van der Waals surface area contributed by atoms with Gasteiger partial charge in [-0.15, -0.1) is 0 Å². The van der Waals surface area contributed by atoms with Crippen molar-refractivity contribution in [1.29, 1.82) is 0 Å². The van der Waals surface area contributed by atoms with Gasteiger partial charge in [0, 0.05) is 6.42 Å². The van der Waals surface area contributed by atoms with Gasteiger partial charge in [0.1, 0.15) is 18.1 Å². The second-order valence-electron chi connectivity index (χ2n) is 7.39. The van der Waals surface area contributed by atoms with Crippen molar-refractivity contribution in [2.75, 3.05) is 20.3 Å². The first-order valence-corrected chi connectivity index (χ1v) is 11.3. The summed E-state index contributed by atoms with van der Waals surface area (Å²) in [6.45, 7) is 0.242. The average Bonchev–Trinajstić information content (AvgIpc) is 3.42. The van der Waals surface area contributed by atoms with Gasteiger partial charge in [-0.2, -0.15) is 4.99 Å². The predicted octanol–water partition coefficient (Wildman–Crippen LogP) is -0.561. The fourth-order valence-corrected chi connectivity index (χ4v) is 4.48. The normalized spacial score (nSPS) is 33.0. The number of fused-ring (bicyclic) bond motifs is 1. The van der Waals surface area contributed by atoms with Crippen LogP contribution in [0.5, 0.6) is 0 Å². The number of phosphoric acid groups is 1. The lowest BCUT2D eigenvalue weighted by Gasteiger charge is -2.19. The minimum absolute atomic E-state index is 0.0958. The van der Waals surface area contributed by atoms with E-state index in [9.17, 15) is 14.6 Å². The Labute approximate surface area is 173 Å². The molecule has 0 saturated carbocycles. The van der Waals surface area contributed by atoms with Crippen molar-refractivity contribution in [1.82, 2.24) is 20.2 Å². The number of nitrogens with two attached hydrogens (primary N) is 1. The van der Waals surface area contributed by atoms with Crippen molar-refractivity contribution < 1.29 is 33.1 Å². The number of phosphoric ester groups is 1. The van der Waals surface area contributed by atoms with E-state index in [0.717, 1.165) is 5.69 Å². The lowest BCUT2D eigenvalue weighted by Crippen LogP contribution is -2.34. The summed E-state index contributed by atoms with van der Waals surface area (Å²) < 4.78 is 35.5. The Bertz CT molecular complexity index is 835. The van der Waals surface area contributed by atoms with E-state index in [4.69, 9.17) is 24.3 Å². The minimum atomic E-state index is -4.28. The highest BCUT2D eigenvalue weighted by molar-refractivity contribution is 7.47. The number of aliphatic imine (C=N–C) groups is 1. The van der Waals surface area contributed by atoms with Gasteiger partial charge >= 0.3 is 7.82 Å². The summed E-state index contributed by atoms with van der Waals surface area (Å²) in [6, 6.07) is 0. The van der Waals surface area contributed by atoms with Crippen LogP contribution in [-0.2, 0) is 29.6 Å². The second-order valence-corrected chi connectivity index (χ2v) is 8.85. The van der Waals surface area contributed by atoms with Gasteiger partial charge in [-0.3, -0.25) is 18.9 Å². The van der Waals surface area contributed by atoms with Gasteiger partial charge in [-0.05, 0) is 19.9 Å². The van der Waals surface area contributed by atoms with Crippen LogP contribution < -0.4 is 16.4 Å². The molecule has 0 amide bonds. The summed E-state index contributed by atoms with van der Waals surface area (Å²) in [5.41, 5.74) is 6.51. The monoisotopic (exact) mass is 446 g/mol. The van der Waals surface area contributed by atoms with Crippen LogP contribution in [0.2, 0.25) is 0 Å². The number of nitrogens with zero attached hydrogens (tertiary/aromatic N) is 3. The van der Waals surface area contributed by atoms with Crippen LogP contribution >= 0.6 is 7.82 Å². The third kappa shape index (κ3) is 4.84. The van der Waals surface area contributed by atoms with Crippen LogP contribution in [0.4, 0.5) is 5.82 Å². The first-order valence-electron chi connectivity index (χ1n) is 9.76. The third-order valence-corrected chi connectivity index (χ3v) is 6.17. The smallest absolute Gasteiger partial charge is 0.389 e. The number of rotatable bonds is 8. The SMILES string of the molecule is CNC1O[C@H](COP(=O)(O)OC[C@@H]2CC[C@H](n3cnc4c3N=C(N)NC4)O2)C[C@@H]1O. The number of likely N-dealkylation sites (N-methyl/N-ethyl adjacent to an activating group) is 1. The Balaban J connectivity index is 1.24. The number of nitrogens with one attached hydrogen (secondary N) is 2. The van der Waals surface area contributed by atoms with Gasteiger partial charge < -0.3 is 30.5 Å². The molecule has 30 heavy (non-hydrogen) atoms. The summed E-state index contributed by atoms with van der Waals surface area (Å²) >= 11 is 0. The molecule has 1 aromatic heterocycles. The van der Waals surface area contributed by atoms with Crippen molar-refractivity contribution in [3.05, 3.63) is 12.0 Å². The number of imidazole rings is 1. The molecule has 2 unspecified atom stereocenters. The molecular weight excluding hydrogens is 419 g/mol. The van der Waals surface area contributed by atoms with E-state index in [0.29, 0.717) is 37.6 Å². The maximum absolute atomic E-state index is 12.2. The number of guanidine groups is 1. The molecular formula is C16H27N6O7P. The molecule has 14 heteroatoms. The molecule has 4 heterocycles. The van der Waals surface area contributed by atoms with Gasteiger partial charge in [-0.25, -0.2) is 9.55 Å². The number of ether oxygens (including phenoxy) is 2. The average molecular weight is 446 g/mol. The van der Waals surface area contributed by atoms with E-state index >= 15 is 0 Å². The molecule has 0 bridgehead atoms. The molecule has 2 saturated heterocycles.